The molecule has 10 heteroatoms. The van der Waals surface area contributed by atoms with Gasteiger partial charge in [-0.2, -0.15) is 0 Å². The summed E-state index contributed by atoms with van der Waals surface area (Å²) in [5, 5.41) is 12.2. The molecule has 1 aliphatic carbocycles. The van der Waals surface area contributed by atoms with Crippen molar-refractivity contribution in [3.05, 3.63) is 75.0 Å². The summed E-state index contributed by atoms with van der Waals surface area (Å²) >= 11 is 0. The topological polar surface area (TPSA) is 127 Å². The molecule has 192 valence electrons. The summed E-state index contributed by atoms with van der Waals surface area (Å²) in [7, 11) is 1.49. The second-order valence-corrected chi connectivity index (χ2v) is 9.19. The molecule has 37 heavy (non-hydrogen) atoms. The Kier molecular flexibility index (Phi) is 6.75. The van der Waals surface area contributed by atoms with Crippen LogP contribution in [-0.4, -0.2) is 49.5 Å². The zero-order valence-corrected chi connectivity index (χ0v) is 20.5. The molecule has 10 nitrogen and oxygen atoms in total. The summed E-state index contributed by atoms with van der Waals surface area (Å²) in [6, 6.07) is 12.5. The Morgan fingerprint density at radius 1 is 1.14 bits per heavy atom. The zero-order chi connectivity index (χ0) is 26.1. The smallest absolute Gasteiger partial charge is 0.315 e. The molecule has 1 unspecified atom stereocenters. The second-order valence-electron chi connectivity index (χ2n) is 9.19. The van der Waals surface area contributed by atoms with Crippen LogP contribution in [0.2, 0.25) is 0 Å². The van der Waals surface area contributed by atoms with Gasteiger partial charge in [0.2, 0.25) is 6.79 Å². The first-order valence-corrected chi connectivity index (χ1v) is 12.0. The maximum Gasteiger partial charge on any atom is 0.315 e. The van der Waals surface area contributed by atoms with Crippen molar-refractivity contribution in [2.24, 2.45) is 10.9 Å². The van der Waals surface area contributed by atoms with Crippen LogP contribution in [-0.2, 0) is 19.1 Å². The number of carbonyl (C=O) groups is 2. The van der Waals surface area contributed by atoms with E-state index in [0.29, 0.717) is 29.2 Å². The molecule has 0 bridgehead atoms. The lowest BCUT2D eigenvalue weighted by Crippen LogP contribution is -2.38. The Hall–Kier alpha value is -4.05. The van der Waals surface area contributed by atoms with E-state index in [-0.39, 0.29) is 55.1 Å². The monoisotopic (exact) mass is 506 g/mol. The van der Waals surface area contributed by atoms with Gasteiger partial charge in [-0.3, -0.25) is 24.7 Å². The van der Waals surface area contributed by atoms with Crippen LogP contribution in [0.25, 0.3) is 0 Å². The number of carbonyl (C=O) groups excluding carboxylic acids is 2. The quantitative estimate of drug-likeness (QED) is 0.238. The normalized spacial score (nSPS) is 22.4. The van der Waals surface area contributed by atoms with E-state index in [4.69, 9.17) is 23.9 Å². The number of fused-ring (bicyclic) bond motifs is 1. The van der Waals surface area contributed by atoms with Crippen LogP contribution in [0.3, 0.4) is 0 Å². The van der Waals surface area contributed by atoms with Crippen LogP contribution < -0.4 is 9.47 Å². The largest absolute Gasteiger partial charge is 0.463 e. The number of allylic oxidation sites excluding steroid dienone is 2. The van der Waals surface area contributed by atoms with Gasteiger partial charge in [-0.15, -0.1) is 0 Å². The third-order valence-electron chi connectivity index (χ3n) is 7.00. The fourth-order valence-corrected chi connectivity index (χ4v) is 5.33. The number of aliphatic imine (C=N–C) groups is 1. The molecule has 0 spiro atoms. The molecular weight excluding hydrogens is 480 g/mol. The van der Waals surface area contributed by atoms with Gasteiger partial charge in [0.25, 0.3) is 5.69 Å². The minimum absolute atomic E-state index is 0.00496. The third kappa shape index (κ3) is 4.60. The predicted octanol–water partition coefficient (Wildman–Crippen LogP) is 4.09. The van der Waals surface area contributed by atoms with Crippen molar-refractivity contribution >= 4 is 23.2 Å². The summed E-state index contributed by atoms with van der Waals surface area (Å²) in [4.78, 5) is 43.4. The molecule has 0 amide bonds. The Morgan fingerprint density at radius 2 is 1.86 bits per heavy atom. The second kappa shape index (κ2) is 10.1. The minimum Gasteiger partial charge on any atom is -0.463 e. The van der Waals surface area contributed by atoms with Gasteiger partial charge >= 0.3 is 5.97 Å². The summed E-state index contributed by atoms with van der Waals surface area (Å²) in [5.74, 6) is -2.32. The molecule has 0 radical (unpaired) electrons. The van der Waals surface area contributed by atoms with Gasteiger partial charge in [-0.25, -0.2) is 0 Å². The van der Waals surface area contributed by atoms with Gasteiger partial charge in [0.15, 0.2) is 17.3 Å². The van der Waals surface area contributed by atoms with Crippen LogP contribution in [0.4, 0.5) is 5.69 Å². The van der Waals surface area contributed by atoms with E-state index < -0.39 is 22.7 Å². The highest BCUT2D eigenvalue weighted by molar-refractivity contribution is 6.09. The Morgan fingerprint density at radius 3 is 2.57 bits per heavy atom. The summed E-state index contributed by atoms with van der Waals surface area (Å²) in [5.41, 5.74) is 2.23. The Balaban J connectivity index is 1.64. The van der Waals surface area contributed by atoms with E-state index in [1.165, 1.54) is 19.2 Å². The fourth-order valence-electron chi connectivity index (χ4n) is 5.33. The van der Waals surface area contributed by atoms with Gasteiger partial charge in [-0.05, 0) is 30.9 Å². The number of nitro benzene ring substituents is 1. The molecule has 2 aliphatic heterocycles. The number of hydrogen-bond donors (Lipinski definition) is 0. The minimum atomic E-state index is -1.02. The van der Waals surface area contributed by atoms with Crippen LogP contribution in [0.15, 0.2) is 58.7 Å². The number of methoxy groups -OCH3 is 1. The zero-order valence-electron chi connectivity index (χ0n) is 20.5. The number of ether oxygens (including phenoxy) is 4. The first kappa shape index (κ1) is 24.6. The molecule has 0 fully saturated rings. The number of esters is 1. The van der Waals surface area contributed by atoms with Crippen molar-refractivity contribution in [3.8, 4) is 11.5 Å². The maximum atomic E-state index is 13.7. The highest BCUT2D eigenvalue weighted by atomic mass is 16.7. The average molecular weight is 507 g/mol. The van der Waals surface area contributed by atoms with Gasteiger partial charge in [0.1, 0.15) is 12.5 Å². The van der Waals surface area contributed by atoms with Crippen LogP contribution in [0, 0.1) is 16.0 Å². The van der Waals surface area contributed by atoms with Gasteiger partial charge in [0.05, 0.1) is 17.6 Å². The van der Waals surface area contributed by atoms with Crippen molar-refractivity contribution in [1.29, 1.82) is 0 Å². The molecule has 3 atom stereocenters. The van der Waals surface area contributed by atoms with Crippen molar-refractivity contribution in [2.75, 3.05) is 27.1 Å². The van der Waals surface area contributed by atoms with Gasteiger partial charge in [0, 0.05) is 42.0 Å². The number of ketones is 1. The molecule has 0 saturated carbocycles. The lowest BCUT2D eigenvalue weighted by atomic mass is 9.69. The Labute approximate surface area is 213 Å². The highest BCUT2D eigenvalue weighted by Crippen LogP contribution is 2.51. The highest BCUT2D eigenvalue weighted by Gasteiger charge is 2.47. The number of nitrogens with zero attached hydrogens (tertiary/aromatic N) is 2. The van der Waals surface area contributed by atoms with E-state index in [1.54, 1.807) is 6.92 Å². The van der Waals surface area contributed by atoms with Crippen molar-refractivity contribution in [3.63, 3.8) is 0 Å². The van der Waals surface area contributed by atoms with Crippen molar-refractivity contribution in [2.45, 2.75) is 31.6 Å². The first-order chi connectivity index (χ1) is 17.9. The SMILES string of the molecule is COCCOC(=O)C1C(C)=NC2=C(C(=O)C[C@H](c3ccccc3)C2)[C@@H]1c1cc2c(cc1[N+](=O)[O-])OCO2. The summed E-state index contributed by atoms with van der Waals surface area (Å²) in [6.07, 6.45) is 0.681. The number of Topliss-reactive ketones (excluding diaryl/α,β-unsaturated/α-hetero) is 1. The molecule has 0 saturated heterocycles. The standard InChI is InChI=1S/C27H26N2O8/c1-15-24(27(31)35-9-8-34-2)25(18-12-22-23(37-14-36-22)13-20(18)29(32)33)26-19(28-15)10-17(11-21(26)30)16-6-4-3-5-7-16/h3-7,12-13,17,24-25H,8-11,14H2,1-2H3/t17-,24?,25-/m1/s1. The summed E-state index contributed by atoms with van der Waals surface area (Å²) < 4.78 is 21.3. The van der Waals surface area contributed by atoms with E-state index in [1.807, 2.05) is 30.3 Å². The van der Waals surface area contributed by atoms with Gasteiger partial charge in [-0.1, -0.05) is 30.3 Å². The first-order valence-electron chi connectivity index (χ1n) is 12.0. The lowest BCUT2D eigenvalue weighted by molar-refractivity contribution is -0.385. The maximum absolute atomic E-state index is 13.7. The van der Waals surface area contributed by atoms with E-state index >= 15 is 0 Å². The third-order valence-corrected chi connectivity index (χ3v) is 7.00. The average Bonchev–Trinajstić information content (AvgIpc) is 3.35. The van der Waals surface area contributed by atoms with E-state index in [2.05, 4.69) is 0 Å². The lowest BCUT2D eigenvalue weighted by Gasteiger charge is -2.36. The van der Waals surface area contributed by atoms with Gasteiger partial charge < -0.3 is 18.9 Å². The Bertz CT molecular complexity index is 1320. The fraction of sp³-hybridized carbons (Fsp3) is 0.370. The molecule has 2 aromatic carbocycles. The van der Waals surface area contributed by atoms with E-state index in [0.717, 1.165) is 5.56 Å². The van der Waals surface area contributed by atoms with Crippen LogP contribution >= 0.6 is 0 Å². The molecule has 0 aromatic heterocycles. The van der Waals surface area contributed by atoms with Crippen LogP contribution in [0.5, 0.6) is 11.5 Å². The number of rotatable bonds is 7. The molecular formula is C27H26N2O8. The van der Waals surface area contributed by atoms with E-state index in [9.17, 15) is 19.7 Å². The molecule has 2 aromatic rings. The van der Waals surface area contributed by atoms with Crippen molar-refractivity contribution in [1.82, 2.24) is 0 Å². The molecule has 0 N–H and O–H groups in total. The predicted molar refractivity (Wildman–Crippen MR) is 132 cm³/mol. The molecule has 3 aliphatic rings. The number of hydrogen-bond acceptors (Lipinski definition) is 9. The number of nitro groups is 1. The van der Waals surface area contributed by atoms with Crippen molar-refractivity contribution < 1.29 is 33.5 Å². The van der Waals surface area contributed by atoms with Crippen LogP contribution in [0.1, 0.15) is 42.7 Å². The number of benzene rings is 2. The summed E-state index contributed by atoms with van der Waals surface area (Å²) in [6.45, 7) is 1.81. The molecule has 5 rings (SSSR count). The molecule has 2 heterocycles.